The zero-order valence-corrected chi connectivity index (χ0v) is 14.4. The van der Waals surface area contributed by atoms with Gasteiger partial charge in [-0.15, -0.1) is 0 Å². The molecule has 126 valence electrons. The Morgan fingerprint density at radius 1 is 1.55 bits per heavy atom. The van der Waals surface area contributed by atoms with Crippen LogP contribution in [0.1, 0.15) is 47.0 Å². The second kappa shape index (κ2) is 7.36. The lowest BCUT2D eigenvalue weighted by Gasteiger charge is -2.29. The number of rotatable bonds is 4. The molecule has 0 radical (unpaired) electrons. The summed E-state index contributed by atoms with van der Waals surface area (Å²) in [7, 11) is 0. The van der Waals surface area contributed by atoms with Crippen molar-refractivity contribution in [3.8, 4) is 0 Å². The second-order valence-corrected chi connectivity index (χ2v) is 7.11. The van der Waals surface area contributed by atoms with Crippen molar-refractivity contribution in [1.29, 1.82) is 0 Å². The first kappa shape index (κ1) is 17.1. The van der Waals surface area contributed by atoms with Crippen LogP contribution in [0.15, 0.2) is 11.8 Å². The maximum Gasteiger partial charge on any atom is 0.410 e. The minimum atomic E-state index is -0.439. The number of allylic oxidation sites excluding steroid dienone is 1. The molecule has 2 aliphatic heterocycles. The summed E-state index contributed by atoms with van der Waals surface area (Å²) in [6.07, 6.45) is 5.16. The van der Waals surface area contributed by atoms with Crippen molar-refractivity contribution in [3.63, 3.8) is 0 Å². The monoisotopic (exact) mass is 310 g/mol. The van der Waals surface area contributed by atoms with Crippen LogP contribution in [0.5, 0.6) is 0 Å². The highest BCUT2D eigenvalue weighted by molar-refractivity contribution is 5.68. The molecule has 0 bridgehead atoms. The number of likely N-dealkylation sites (N-methyl/N-ethyl adjacent to an activating group) is 1. The van der Waals surface area contributed by atoms with E-state index in [-0.39, 0.29) is 12.1 Å². The Morgan fingerprint density at radius 2 is 2.32 bits per heavy atom. The van der Waals surface area contributed by atoms with Gasteiger partial charge in [0.1, 0.15) is 11.4 Å². The van der Waals surface area contributed by atoms with Gasteiger partial charge in [0.15, 0.2) is 0 Å². The normalized spacial score (nSPS) is 23.7. The van der Waals surface area contributed by atoms with E-state index in [4.69, 9.17) is 9.47 Å². The molecule has 22 heavy (non-hydrogen) atoms. The summed E-state index contributed by atoms with van der Waals surface area (Å²) >= 11 is 0. The fourth-order valence-electron chi connectivity index (χ4n) is 3.06. The predicted molar refractivity (Wildman–Crippen MR) is 86.6 cm³/mol. The van der Waals surface area contributed by atoms with Gasteiger partial charge >= 0.3 is 6.09 Å². The molecule has 0 aromatic carbocycles. The molecule has 0 aromatic rings. The zero-order valence-electron chi connectivity index (χ0n) is 14.4. The molecule has 1 saturated heterocycles. The molecule has 2 heterocycles. The van der Waals surface area contributed by atoms with Crippen LogP contribution < -0.4 is 5.32 Å². The topological polar surface area (TPSA) is 50.8 Å². The van der Waals surface area contributed by atoms with E-state index in [2.05, 4.69) is 18.3 Å². The fourth-order valence-corrected chi connectivity index (χ4v) is 3.06. The van der Waals surface area contributed by atoms with Crippen LogP contribution in [0.4, 0.5) is 4.79 Å². The summed E-state index contributed by atoms with van der Waals surface area (Å²) in [5, 5.41) is 3.53. The molecule has 0 spiro atoms. The lowest BCUT2D eigenvalue weighted by molar-refractivity contribution is 0.0283. The highest BCUT2D eigenvalue weighted by atomic mass is 16.6. The third kappa shape index (κ3) is 4.63. The molecule has 2 aliphatic rings. The quantitative estimate of drug-likeness (QED) is 0.867. The number of nitrogens with one attached hydrogen (secondary N) is 1. The summed E-state index contributed by atoms with van der Waals surface area (Å²) in [6.45, 7) is 11.0. The summed E-state index contributed by atoms with van der Waals surface area (Å²) in [5.41, 5.74) is -0.439. The number of amides is 1. The van der Waals surface area contributed by atoms with E-state index in [0.717, 1.165) is 51.3 Å². The first-order chi connectivity index (χ1) is 10.4. The number of ether oxygens (including phenoxy) is 2. The van der Waals surface area contributed by atoms with Crippen LogP contribution in [-0.2, 0) is 9.47 Å². The number of hydrogen-bond donors (Lipinski definition) is 1. The smallest absolute Gasteiger partial charge is 0.410 e. The lowest BCUT2D eigenvalue weighted by atomic mass is 9.95. The van der Waals surface area contributed by atoms with Crippen molar-refractivity contribution in [1.82, 2.24) is 10.2 Å². The van der Waals surface area contributed by atoms with Gasteiger partial charge in [0.25, 0.3) is 0 Å². The average molecular weight is 310 g/mol. The van der Waals surface area contributed by atoms with Crippen molar-refractivity contribution >= 4 is 6.09 Å². The fraction of sp³-hybridized carbons (Fsp3) is 0.824. The summed E-state index contributed by atoms with van der Waals surface area (Å²) in [6, 6.07) is 0.206. The van der Waals surface area contributed by atoms with Gasteiger partial charge in [0.2, 0.25) is 0 Å². The number of hydrogen-bond acceptors (Lipinski definition) is 4. The van der Waals surface area contributed by atoms with Crippen molar-refractivity contribution in [2.45, 2.75) is 58.6 Å². The van der Waals surface area contributed by atoms with E-state index in [9.17, 15) is 4.79 Å². The van der Waals surface area contributed by atoms with Crippen LogP contribution in [0.25, 0.3) is 0 Å². The Hall–Kier alpha value is -1.23. The van der Waals surface area contributed by atoms with Gasteiger partial charge in [-0.1, -0.05) is 6.92 Å². The van der Waals surface area contributed by atoms with Gasteiger partial charge in [0.05, 0.1) is 12.6 Å². The third-order valence-electron chi connectivity index (χ3n) is 4.04. The summed E-state index contributed by atoms with van der Waals surface area (Å²) in [4.78, 5) is 14.0. The Balaban J connectivity index is 1.97. The Labute approximate surface area is 134 Å². The van der Waals surface area contributed by atoms with Gasteiger partial charge in [-0.2, -0.15) is 0 Å². The molecule has 5 nitrogen and oxygen atoms in total. The van der Waals surface area contributed by atoms with E-state index < -0.39 is 5.60 Å². The second-order valence-electron chi connectivity index (χ2n) is 7.11. The highest BCUT2D eigenvalue weighted by Gasteiger charge is 2.36. The van der Waals surface area contributed by atoms with Gasteiger partial charge < -0.3 is 19.7 Å². The van der Waals surface area contributed by atoms with E-state index in [0.29, 0.717) is 5.92 Å². The van der Waals surface area contributed by atoms with Crippen LogP contribution >= 0.6 is 0 Å². The number of likely N-dealkylation sites (tertiary alicyclic amines) is 1. The van der Waals surface area contributed by atoms with Crippen LogP contribution in [0.3, 0.4) is 0 Å². The summed E-state index contributed by atoms with van der Waals surface area (Å²) < 4.78 is 11.3. The summed E-state index contributed by atoms with van der Waals surface area (Å²) in [5.74, 6) is 1.45. The SMILES string of the molecule is CCNC(C1=CCCCO1)C1CCN(C(=O)OC(C)(C)C)C1. The Morgan fingerprint density at radius 3 is 2.91 bits per heavy atom. The Bertz CT molecular complexity index is 415. The minimum absolute atomic E-state index is 0.205. The van der Waals surface area contributed by atoms with Gasteiger partial charge in [-0.05, 0) is 52.7 Å². The molecule has 2 rings (SSSR count). The number of nitrogens with zero attached hydrogens (tertiary/aromatic N) is 1. The Kier molecular flexibility index (Phi) is 5.73. The molecule has 0 aromatic heterocycles. The van der Waals surface area contributed by atoms with Crippen molar-refractivity contribution in [2.75, 3.05) is 26.2 Å². The lowest BCUT2D eigenvalue weighted by Crippen LogP contribution is -2.42. The van der Waals surface area contributed by atoms with Crippen LogP contribution in [0.2, 0.25) is 0 Å². The standard InChI is InChI=1S/C17H30N2O3/c1-5-18-15(14-8-6-7-11-21-14)13-9-10-19(12-13)16(20)22-17(2,3)4/h8,13,15,18H,5-7,9-12H2,1-4H3. The van der Waals surface area contributed by atoms with Gasteiger partial charge in [-0.3, -0.25) is 0 Å². The first-order valence-corrected chi connectivity index (χ1v) is 8.45. The third-order valence-corrected chi connectivity index (χ3v) is 4.04. The molecule has 0 aliphatic carbocycles. The average Bonchev–Trinajstić information content (AvgIpc) is 2.93. The predicted octanol–water partition coefficient (Wildman–Crippen LogP) is 2.92. The highest BCUT2D eigenvalue weighted by Crippen LogP contribution is 2.27. The van der Waals surface area contributed by atoms with Gasteiger partial charge in [0, 0.05) is 19.0 Å². The number of carbonyl (C=O) groups excluding carboxylic acids is 1. The number of carbonyl (C=O) groups is 1. The molecule has 1 amide bonds. The van der Waals surface area contributed by atoms with Crippen molar-refractivity contribution in [2.24, 2.45) is 5.92 Å². The molecule has 2 unspecified atom stereocenters. The molecule has 2 atom stereocenters. The molecule has 0 saturated carbocycles. The molecular weight excluding hydrogens is 280 g/mol. The first-order valence-electron chi connectivity index (χ1n) is 8.45. The van der Waals surface area contributed by atoms with Crippen molar-refractivity contribution < 1.29 is 14.3 Å². The zero-order chi connectivity index (χ0) is 16.2. The van der Waals surface area contributed by atoms with E-state index in [1.54, 1.807) is 0 Å². The van der Waals surface area contributed by atoms with Crippen molar-refractivity contribution in [3.05, 3.63) is 11.8 Å². The molecule has 1 fully saturated rings. The maximum absolute atomic E-state index is 12.2. The van der Waals surface area contributed by atoms with Crippen LogP contribution in [0, 0.1) is 5.92 Å². The molecular formula is C17H30N2O3. The minimum Gasteiger partial charge on any atom is -0.497 e. The largest absolute Gasteiger partial charge is 0.497 e. The van der Waals surface area contributed by atoms with E-state index in [1.165, 1.54) is 0 Å². The molecule has 1 N–H and O–H groups in total. The van der Waals surface area contributed by atoms with Crippen LogP contribution in [-0.4, -0.2) is 48.9 Å². The van der Waals surface area contributed by atoms with E-state index >= 15 is 0 Å². The maximum atomic E-state index is 12.2. The van der Waals surface area contributed by atoms with E-state index in [1.807, 2.05) is 25.7 Å². The van der Waals surface area contributed by atoms with Gasteiger partial charge in [-0.25, -0.2) is 4.79 Å². The molecule has 5 heteroatoms.